The fraction of sp³-hybridized carbons (Fsp3) is 0. The molecule has 0 saturated carbocycles. The zero-order valence-corrected chi connectivity index (χ0v) is 11.0. The van der Waals surface area contributed by atoms with E-state index in [0.717, 1.165) is 11.1 Å². The highest BCUT2D eigenvalue weighted by Crippen LogP contribution is 2.16. The number of benzene rings is 1. The first-order valence-electron chi connectivity index (χ1n) is 5.65. The number of tetrazole rings is 1. The normalized spacial score (nSPS) is 11.0. The van der Waals surface area contributed by atoms with Crippen LogP contribution in [0.4, 0.5) is 10.9 Å². The molecule has 0 radical (unpaired) electrons. The average molecular weight is 286 g/mol. The minimum absolute atomic E-state index is 0.479. The Morgan fingerprint density at radius 1 is 1.40 bits per heavy atom. The molecular weight excluding hydrogens is 276 g/mol. The van der Waals surface area contributed by atoms with E-state index in [4.69, 9.17) is 5.73 Å². The summed E-state index contributed by atoms with van der Waals surface area (Å²) in [6.45, 7) is 0. The van der Waals surface area contributed by atoms with Crippen LogP contribution < -0.4 is 11.2 Å². The van der Waals surface area contributed by atoms with Gasteiger partial charge in [0.25, 0.3) is 0 Å². The average Bonchev–Trinajstić information content (AvgIpc) is 3.11. The summed E-state index contributed by atoms with van der Waals surface area (Å²) in [7, 11) is 0. The third-order valence-corrected chi connectivity index (χ3v) is 3.15. The van der Waals surface area contributed by atoms with E-state index in [-0.39, 0.29) is 0 Å². The molecule has 0 aliphatic heterocycles. The molecule has 3 aromatic rings. The van der Waals surface area contributed by atoms with Gasteiger partial charge in [0.2, 0.25) is 11.0 Å². The van der Waals surface area contributed by atoms with Gasteiger partial charge >= 0.3 is 0 Å². The molecule has 1 aromatic carbocycles. The fourth-order valence-corrected chi connectivity index (χ4v) is 2.09. The highest BCUT2D eigenvalue weighted by atomic mass is 32.1. The zero-order chi connectivity index (χ0) is 13.8. The number of aromatic nitrogens is 5. The molecule has 0 unspecified atom stereocenters. The second-order valence-electron chi connectivity index (χ2n) is 3.81. The van der Waals surface area contributed by atoms with Crippen LogP contribution >= 0.6 is 11.3 Å². The number of thiazole rings is 1. The molecule has 2 heterocycles. The first kappa shape index (κ1) is 12.2. The lowest BCUT2D eigenvalue weighted by Crippen LogP contribution is -1.91. The van der Waals surface area contributed by atoms with Crippen LogP contribution in [0.15, 0.2) is 34.7 Å². The van der Waals surface area contributed by atoms with Crippen molar-refractivity contribution in [1.29, 1.82) is 0 Å². The molecule has 0 saturated heterocycles. The minimum Gasteiger partial charge on any atom is -0.383 e. The molecule has 0 aliphatic carbocycles. The first-order chi connectivity index (χ1) is 9.81. The van der Waals surface area contributed by atoms with Crippen molar-refractivity contribution < 1.29 is 0 Å². The lowest BCUT2D eigenvalue weighted by molar-refractivity contribution is 0.881. The standard InChI is InChI=1S/C11H10N8S/c12-9-6-20-11(14-9)17-13-5-7-2-1-3-8(4-7)10-15-18-19-16-10/h1-6H,12H2,(H,14,17)(H,15,16,18,19). The number of hydrogen-bond acceptors (Lipinski definition) is 8. The van der Waals surface area contributed by atoms with Crippen LogP contribution in [0.25, 0.3) is 11.4 Å². The second kappa shape index (κ2) is 5.45. The van der Waals surface area contributed by atoms with Crippen LogP contribution in [-0.2, 0) is 0 Å². The lowest BCUT2D eigenvalue weighted by atomic mass is 10.1. The van der Waals surface area contributed by atoms with Gasteiger partial charge in [-0.15, -0.1) is 21.5 Å². The number of nitrogens with zero attached hydrogens (tertiary/aromatic N) is 5. The monoisotopic (exact) mass is 286 g/mol. The Balaban J connectivity index is 1.73. The number of rotatable bonds is 4. The molecule has 100 valence electrons. The molecule has 0 fully saturated rings. The van der Waals surface area contributed by atoms with Crippen LogP contribution in [0.5, 0.6) is 0 Å². The molecule has 0 aliphatic rings. The Kier molecular flexibility index (Phi) is 3.33. The summed E-state index contributed by atoms with van der Waals surface area (Å²) in [5.74, 6) is 1.02. The summed E-state index contributed by atoms with van der Waals surface area (Å²) in [5.41, 5.74) is 10.1. The molecular formula is C11H10N8S. The van der Waals surface area contributed by atoms with Gasteiger partial charge in [-0.25, -0.2) is 4.98 Å². The van der Waals surface area contributed by atoms with Crippen LogP contribution in [0.3, 0.4) is 0 Å². The third kappa shape index (κ3) is 2.78. The number of nitrogen functional groups attached to an aromatic ring is 1. The Bertz CT molecular complexity index is 718. The van der Waals surface area contributed by atoms with Crippen LogP contribution in [0.2, 0.25) is 0 Å². The molecule has 0 bridgehead atoms. The number of nitrogens with two attached hydrogens (primary N) is 1. The van der Waals surface area contributed by atoms with E-state index in [1.165, 1.54) is 11.3 Å². The second-order valence-corrected chi connectivity index (χ2v) is 4.67. The van der Waals surface area contributed by atoms with Crippen molar-refractivity contribution in [2.45, 2.75) is 0 Å². The maximum Gasteiger partial charge on any atom is 0.205 e. The van der Waals surface area contributed by atoms with Crippen molar-refractivity contribution >= 4 is 28.5 Å². The van der Waals surface area contributed by atoms with E-state index in [2.05, 4.69) is 36.1 Å². The van der Waals surface area contributed by atoms with Gasteiger partial charge in [0.1, 0.15) is 5.82 Å². The van der Waals surface area contributed by atoms with E-state index < -0.39 is 0 Å². The summed E-state index contributed by atoms with van der Waals surface area (Å²) in [5, 5.41) is 20.3. The SMILES string of the molecule is Nc1csc(NN=Cc2cccc(-c3nn[nH]n3)c2)n1. The predicted molar refractivity (Wildman–Crippen MR) is 77.4 cm³/mol. The van der Waals surface area contributed by atoms with Gasteiger partial charge in [-0.3, -0.25) is 5.43 Å². The van der Waals surface area contributed by atoms with Crippen molar-refractivity contribution in [1.82, 2.24) is 25.6 Å². The Labute approximate surface area is 117 Å². The van der Waals surface area contributed by atoms with Gasteiger partial charge in [0, 0.05) is 10.9 Å². The fourth-order valence-electron chi connectivity index (χ4n) is 1.54. The zero-order valence-electron chi connectivity index (χ0n) is 10.2. The van der Waals surface area contributed by atoms with E-state index in [9.17, 15) is 0 Å². The molecule has 2 aromatic heterocycles. The van der Waals surface area contributed by atoms with Crippen LogP contribution in [-0.4, -0.2) is 31.8 Å². The number of aromatic amines is 1. The summed E-state index contributed by atoms with van der Waals surface area (Å²) in [6.07, 6.45) is 1.68. The first-order valence-corrected chi connectivity index (χ1v) is 6.53. The molecule has 20 heavy (non-hydrogen) atoms. The third-order valence-electron chi connectivity index (χ3n) is 2.39. The molecule has 4 N–H and O–H groups in total. The lowest BCUT2D eigenvalue weighted by Gasteiger charge is -1.97. The number of H-pyrrole nitrogens is 1. The van der Waals surface area contributed by atoms with Crippen molar-refractivity contribution in [3.8, 4) is 11.4 Å². The van der Waals surface area contributed by atoms with Gasteiger partial charge in [-0.2, -0.15) is 10.3 Å². The van der Waals surface area contributed by atoms with Gasteiger partial charge in [-0.1, -0.05) is 18.2 Å². The molecule has 0 amide bonds. The van der Waals surface area contributed by atoms with Gasteiger partial charge < -0.3 is 5.73 Å². The summed E-state index contributed by atoms with van der Waals surface area (Å²) >= 11 is 1.39. The summed E-state index contributed by atoms with van der Waals surface area (Å²) in [6, 6.07) is 7.63. The quantitative estimate of drug-likeness (QED) is 0.492. The topological polar surface area (TPSA) is 118 Å². The Morgan fingerprint density at radius 3 is 3.10 bits per heavy atom. The Morgan fingerprint density at radius 2 is 2.35 bits per heavy atom. The van der Waals surface area contributed by atoms with E-state index in [0.29, 0.717) is 16.8 Å². The minimum atomic E-state index is 0.479. The number of hydrazone groups is 1. The number of anilines is 2. The Hall–Kier alpha value is -2.81. The van der Waals surface area contributed by atoms with Gasteiger partial charge in [0.15, 0.2) is 0 Å². The van der Waals surface area contributed by atoms with E-state index in [1.54, 1.807) is 11.6 Å². The summed E-state index contributed by atoms with van der Waals surface area (Å²) in [4.78, 5) is 4.04. The molecule has 0 spiro atoms. The maximum absolute atomic E-state index is 5.52. The van der Waals surface area contributed by atoms with Crippen LogP contribution in [0, 0.1) is 0 Å². The van der Waals surface area contributed by atoms with Crippen LogP contribution in [0.1, 0.15) is 5.56 Å². The molecule has 3 rings (SSSR count). The van der Waals surface area contributed by atoms with E-state index in [1.807, 2.05) is 24.3 Å². The number of hydrogen-bond donors (Lipinski definition) is 3. The van der Waals surface area contributed by atoms with E-state index >= 15 is 0 Å². The van der Waals surface area contributed by atoms with Crippen molar-refractivity contribution in [3.05, 3.63) is 35.2 Å². The maximum atomic E-state index is 5.52. The van der Waals surface area contributed by atoms with Gasteiger partial charge in [-0.05, 0) is 16.8 Å². The number of nitrogens with one attached hydrogen (secondary N) is 2. The van der Waals surface area contributed by atoms with Crippen molar-refractivity contribution in [2.24, 2.45) is 5.10 Å². The van der Waals surface area contributed by atoms with Crippen molar-refractivity contribution in [2.75, 3.05) is 11.2 Å². The predicted octanol–water partition coefficient (Wildman–Crippen LogP) is 1.35. The van der Waals surface area contributed by atoms with Crippen molar-refractivity contribution in [3.63, 3.8) is 0 Å². The highest BCUT2D eigenvalue weighted by Gasteiger charge is 2.02. The molecule has 8 nitrogen and oxygen atoms in total. The molecule has 9 heteroatoms. The molecule has 0 atom stereocenters. The summed E-state index contributed by atoms with van der Waals surface area (Å²) < 4.78 is 0. The highest BCUT2D eigenvalue weighted by molar-refractivity contribution is 7.14. The smallest absolute Gasteiger partial charge is 0.205 e. The largest absolute Gasteiger partial charge is 0.383 e. The van der Waals surface area contributed by atoms with Gasteiger partial charge in [0.05, 0.1) is 6.21 Å².